The van der Waals surface area contributed by atoms with Gasteiger partial charge < -0.3 is 14.5 Å². The topological polar surface area (TPSA) is 63.5 Å². The number of rotatable bonds is 5. The van der Waals surface area contributed by atoms with E-state index in [4.69, 9.17) is 4.74 Å². The van der Waals surface area contributed by atoms with Gasteiger partial charge in [-0.2, -0.15) is 5.10 Å². The maximum Gasteiger partial charge on any atom is 0.230 e. The fraction of sp³-hybridized carbons (Fsp3) is 0.800. The highest BCUT2D eigenvalue weighted by Crippen LogP contribution is 2.38. The van der Waals surface area contributed by atoms with Gasteiger partial charge in [-0.05, 0) is 19.9 Å². The molecule has 0 aromatic carbocycles. The second-order valence-electron chi connectivity index (χ2n) is 6.49. The Hall–Kier alpha value is -1.47. The van der Waals surface area contributed by atoms with E-state index in [1.54, 1.807) is 9.58 Å². The zero-order chi connectivity index (χ0) is 15.7. The summed E-state index contributed by atoms with van der Waals surface area (Å²) >= 11 is 0. The van der Waals surface area contributed by atoms with E-state index in [1.807, 2.05) is 14.1 Å². The molecule has 1 saturated carbocycles. The summed E-state index contributed by atoms with van der Waals surface area (Å²) in [6.07, 6.45) is 2.73. The third kappa shape index (κ3) is 3.64. The van der Waals surface area contributed by atoms with Gasteiger partial charge >= 0.3 is 0 Å². The van der Waals surface area contributed by atoms with Gasteiger partial charge in [-0.15, -0.1) is 0 Å². The summed E-state index contributed by atoms with van der Waals surface area (Å²) in [5.41, 5.74) is 0. The van der Waals surface area contributed by atoms with Crippen LogP contribution in [0.2, 0.25) is 0 Å². The quantitative estimate of drug-likeness (QED) is 0.768. The highest BCUT2D eigenvalue weighted by atomic mass is 16.5. The van der Waals surface area contributed by atoms with Gasteiger partial charge in [-0.3, -0.25) is 9.48 Å². The molecule has 1 amide bonds. The predicted octanol–water partition coefficient (Wildman–Crippen LogP) is 0.0240. The van der Waals surface area contributed by atoms with Crippen LogP contribution in [0, 0.1) is 0 Å². The van der Waals surface area contributed by atoms with Gasteiger partial charge in [0.15, 0.2) is 5.82 Å². The molecule has 7 heteroatoms. The van der Waals surface area contributed by atoms with Crippen LogP contribution in [0.1, 0.15) is 30.4 Å². The lowest BCUT2D eigenvalue weighted by Gasteiger charge is -2.32. The van der Waals surface area contributed by atoms with Crippen molar-refractivity contribution in [3.8, 4) is 0 Å². The van der Waals surface area contributed by atoms with Crippen molar-refractivity contribution in [1.82, 2.24) is 24.6 Å². The highest BCUT2D eigenvalue weighted by molar-refractivity contribution is 5.77. The van der Waals surface area contributed by atoms with Crippen molar-refractivity contribution in [1.29, 1.82) is 0 Å². The normalized spacial score (nSPS) is 22.8. The second kappa shape index (κ2) is 6.34. The van der Waals surface area contributed by atoms with Gasteiger partial charge in [0.2, 0.25) is 5.91 Å². The lowest BCUT2D eigenvalue weighted by molar-refractivity contribution is -0.132. The number of morpholine rings is 1. The lowest BCUT2D eigenvalue weighted by atomic mass is 10.2. The molecule has 1 aliphatic carbocycles. The maximum atomic E-state index is 12.4. The molecule has 22 heavy (non-hydrogen) atoms. The van der Waals surface area contributed by atoms with Gasteiger partial charge in [0.05, 0.1) is 19.1 Å². The second-order valence-corrected chi connectivity index (χ2v) is 6.49. The number of aromatic nitrogens is 3. The predicted molar refractivity (Wildman–Crippen MR) is 81.6 cm³/mol. The Labute approximate surface area is 131 Å². The average molecular weight is 307 g/mol. The van der Waals surface area contributed by atoms with Crippen LogP contribution in [0.25, 0.3) is 0 Å². The first-order valence-corrected chi connectivity index (χ1v) is 7.97. The molecule has 1 aromatic heterocycles. The minimum absolute atomic E-state index is 0.0645. The molecule has 2 fully saturated rings. The molecule has 0 radical (unpaired) electrons. The molecular weight excluding hydrogens is 282 g/mol. The van der Waals surface area contributed by atoms with E-state index in [-0.39, 0.29) is 12.0 Å². The molecule has 7 nitrogen and oxygen atoms in total. The molecule has 0 spiro atoms. The monoisotopic (exact) mass is 307 g/mol. The number of carbonyl (C=O) groups excluding carboxylic acids is 1. The fourth-order valence-electron chi connectivity index (χ4n) is 2.76. The number of carbonyl (C=O) groups is 1. The van der Waals surface area contributed by atoms with Crippen LogP contribution in [0.5, 0.6) is 0 Å². The standard InChI is InChI=1S/C15H25N5O2/c1-18-6-7-22-12(9-18)10-19(2)14(21)8-13-16-15(11-4-5-11)17-20(13)3/h11-12H,4-10H2,1-3H3. The van der Waals surface area contributed by atoms with Gasteiger partial charge in [0, 0.05) is 39.6 Å². The van der Waals surface area contributed by atoms with Crippen molar-refractivity contribution in [3.05, 3.63) is 11.6 Å². The first-order chi connectivity index (χ1) is 10.5. The number of aryl methyl sites for hydroxylation is 1. The third-order valence-electron chi connectivity index (χ3n) is 4.37. The summed E-state index contributed by atoms with van der Waals surface area (Å²) in [4.78, 5) is 20.9. The van der Waals surface area contributed by atoms with Crippen LogP contribution in [0.15, 0.2) is 0 Å². The Bertz CT molecular complexity index is 540. The van der Waals surface area contributed by atoms with Crippen molar-refractivity contribution in [2.45, 2.75) is 31.3 Å². The summed E-state index contributed by atoms with van der Waals surface area (Å²) in [5, 5.41) is 4.41. The van der Waals surface area contributed by atoms with Gasteiger partial charge in [0.25, 0.3) is 0 Å². The Kier molecular flexibility index (Phi) is 4.44. The van der Waals surface area contributed by atoms with Crippen LogP contribution >= 0.6 is 0 Å². The van der Waals surface area contributed by atoms with Crippen molar-refractivity contribution >= 4 is 5.91 Å². The number of hydrogen-bond acceptors (Lipinski definition) is 5. The Morgan fingerprint density at radius 3 is 2.86 bits per heavy atom. The first kappa shape index (κ1) is 15.4. The van der Waals surface area contributed by atoms with Crippen molar-refractivity contribution < 1.29 is 9.53 Å². The summed E-state index contributed by atoms with van der Waals surface area (Å²) in [6, 6.07) is 0. The van der Waals surface area contributed by atoms with E-state index >= 15 is 0 Å². The Morgan fingerprint density at radius 1 is 1.41 bits per heavy atom. The van der Waals surface area contributed by atoms with Crippen LogP contribution in [0.3, 0.4) is 0 Å². The average Bonchev–Trinajstić information content (AvgIpc) is 3.25. The molecule has 3 rings (SSSR count). The molecule has 0 N–H and O–H groups in total. The lowest BCUT2D eigenvalue weighted by Crippen LogP contribution is -2.46. The van der Waals surface area contributed by atoms with Gasteiger partial charge in [-0.25, -0.2) is 4.98 Å². The van der Waals surface area contributed by atoms with Crippen molar-refractivity contribution in [2.75, 3.05) is 40.3 Å². The van der Waals surface area contributed by atoms with Crippen LogP contribution in [-0.2, 0) is 23.0 Å². The van der Waals surface area contributed by atoms with Crippen molar-refractivity contribution in [2.24, 2.45) is 7.05 Å². The molecule has 122 valence electrons. The highest BCUT2D eigenvalue weighted by Gasteiger charge is 2.29. The number of nitrogens with zero attached hydrogens (tertiary/aromatic N) is 5. The summed E-state index contributed by atoms with van der Waals surface area (Å²) in [6.45, 7) is 3.18. The molecule has 2 aliphatic rings. The van der Waals surface area contributed by atoms with E-state index < -0.39 is 0 Å². The summed E-state index contributed by atoms with van der Waals surface area (Å²) in [7, 11) is 5.77. The Balaban J connectivity index is 1.54. The minimum atomic E-state index is 0.0645. The molecule has 1 saturated heterocycles. The fourth-order valence-corrected chi connectivity index (χ4v) is 2.76. The number of amides is 1. The third-order valence-corrected chi connectivity index (χ3v) is 4.37. The molecular formula is C15H25N5O2. The number of hydrogen-bond donors (Lipinski definition) is 0. The maximum absolute atomic E-state index is 12.4. The Morgan fingerprint density at radius 2 is 2.18 bits per heavy atom. The summed E-state index contributed by atoms with van der Waals surface area (Å²) < 4.78 is 7.46. The summed E-state index contributed by atoms with van der Waals surface area (Å²) in [5.74, 6) is 2.22. The molecule has 1 aromatic rings. The van der Waals surface area contributed by atoms with Gasteiger partial charge in [-0.1, -0.05) is 0 Å². The van der Waals surface area contributed by atoms with E-state index in [2.05, 4.69) is 22.0 Å². The van der Waals surface area contributed by atoms with E-state index in [0.717, 1.165) is 31.3 Å². The van der Waals surface area contributed by atoms with Crippen LogP contribution in [0.4, 0.5) is 0 Å². The SMILES string of the molecule is CN1CCOC(CN(C)C(=O)Cc2nc(C3CC3)nn2C)C1. The molecule has 1 unspecified atom stereocenters. The molecule has 0 bridgehead atoms. The molecule has 2 heterocycles. The first-order valence-electron chi connectivity index (χ1n) is 7.97. The molecule has 1 aliphatic heterocycles. The number of ether oxygens (including phenoxy) is 1. The largest absolute Gasteiger partial charge is 0.374 e. The van der Waals surface area contributed by atoms with Crippen LogP contribution in [-0.4, -0.2) is 76.9 Å². The zero-order valence-electron chi connectivity index (χ0n) is 13.7. The van der Waals surface area contributed by atoms with E-state index in [9.17, 15) is 4.79 Å². The smallest absolute Gasteiger partial charge is 0.230 e. The van der Waals surface area contributed by atoms with E-state index in [1.165, 1.54) is 12.8 Å². The zero-order valence-corrected chi connectivity index (χ0v) is 13.7. The molecule has 1 atom stereocenters. The number of likely N-dealkylation sites (N-methyl/N-ethyl adjacent to an activating group) is 2. The van der Waals surface area contributed by atoms with E-state index in [0.29, 0.717) is 18.9 Å². The van der Waals surface area contributed by atoms with Crippen LogP contribution < -0.4 is 0 Å². The van der Waals surface area contributed by atoms with Gasteiger partial charge in [0.1, 0.15) is 5.82 Å². The minimum Gasteiger partial charge on any atom is -0.374 e. The van der Waals surface area contributed by atoms with Crippen molar-refractivity contribution in [3.63, 3.8) is 0 Å².